The van der Waals surface area contributed by atoms with Gasteiger partial charge in [-0.05, 0) is 38.8 Å². The number of aromatic nitrogens is 3. The van der Waals surface area contributed by atoms with Crippen molar-refractivity contribution in [1.82, 2.24) is 20.4 Å². The largest absolute Gasteiger partial charge is 0.337 e. The molecule has 0 radical (unpaired) electrons. The molecule has 5 heteroatoms. The van der Waals surface area contributed by atoms with Gasteiger partial charge in [-0.2, -0.15) is 4.98 Å². The maximum absolute atomic E-state index is 5.62. The summed E-state index contributed by atoms with van der Waals surface area (Å²) in [6, 6.07) is 4.19. The van der Waals surface area contributed by atoms with Crippen LogP contribution in [-0.4, -0.2) is 21.2 Å². The summed E-state index contributed by atoms with van der Waals surface area (Å²) in [5.41, 5.74) is 0.778. The molecule has 0 saturated heterocycles. The molecule has 0 amide bonds. The van der Waals surface area contributed by atoms with Gasteiger partial charge < -0.3 is 9.84 Å². The molecule has 0 aromatic carbocycles. The molecule has 1 N–H and O–H groups in total. The van der Waals surface area contributed by atoms with Crippen molar-refractivity contribution < 1.29 is 4.52 Å². The van der Waals surface area contributed by atoms with Crippen LogP contribution in [0.2, 0.25) is 0 Å². The standard InChI is InChI=1S/C16H22N4O/c1-12(2)19-16(8-4-3-5-9-16)15-18-14(20-21-15)13-6-10-17-11-7-13/h6-7,10-12,19H,3-5,8-9H2,1-2H3. The van der Waals surface area contributed by atoms with E-state index in [1.807, 2.05) is 12.1 Å². The lowest BCUT2D eigenvalue weighted by Gasteiger charge is -2.36. The molecule has 2 heterocycles. The molecule has 5 nitrogen and oxygen atoms in total. The molecule has 0 unspecified atom stereocenters. The van der Waals surface area contributed by atoms with Crippen LogP contribution in [-0.2, 0) is 5.54 Å². The topological polar surface area (TPSA) is 63.8 Å². The highest BCUT2D eigenvalue weighted by atomic mass is 16.5. The summed E-state index contributed by atoms with van der Waals surface area (Å²) in [5, 5.41) is 7.83. The molecule has 1 fully saturated rings. The van der Waals surface area contributed by atoms with E-state index in [0.29, 0.717) is 11.9 Å². The van der Waals surface area contributed by atoms with Crippen molar-refractivity contribution in [2.75, 3.05) is 0 Å². The first-order valence-corrected chi connectivity index (χ1v) is 7.72. The predicted octanol–water partition coefficient (Wildman–Crippen LogP) is 3.29. The molecule has 3 rings (SSSR count). The van der Waals surface area contributed by atoms with Crippen molar-refractivity contribution in [2.24, 2.45) is 0 Å². The van der Waals surface area contributed by atoms with Gasteiger partial charge in [0.2, 0.25) is 11.7 Å². The maximum Gasteiger partial charge on any atom is 0.247 e. The van der Waals surface area contributed by atoms with E-state index in [2.05, 4.69) is 34.3 Å². The van der Waals surface area contributed by atoms with Gasteiger partial charge in [0, 0.05) is 24.0 Å². The van der Waals surface area contributed by atoms with Crippen LogP contribution >= 0.6 is 0 Å². The molecule has 2 aromatic rings. The molecule has 112 valence electrons. The van der Waals surface area contributed by atoms with E-state index in [-0.39, 0.29) is 5.54 Å². The van der Waals surface area contributed by atoms with Crippen molar-refractivity contribution >= 4 is 0 Å². The highest BCUT2D eigenvalue weighted by molar-refractivity contribution is 5.52. The number of rotatable bonds is 4. The van der Waals surface area contributed by atoms with Crippen molar-refractivity contribution in [1.29, 1.82) is 0 Å². The molecule has 0 aliphatic heterocycles. The van der Waals surface area contributed by atoms with Gasteiger partial charge in [0.25, 0.3) is 0 Å². The van der Waals surface area contributed by atoms with Crippen molar-refractivity contribution in [2.45, 2.75) is 57.5 Å². The molecule has 2 aromatic heterocycles. The summed E-state index contributed by atoms with van der Waals surface area (Å²) in [6.45, 7) is 4.33. The first-order chi connectivity index (χ1) is 10.2. The molecular weight excluding hydrogens is 264 g/mol. The molecule has 0 bridgehead atoms. The van der Waals surface area contributed by atoms with E-state index >= 15 is 0 Å². The van der Waals surface area contributed by atoms with Gasteiger partial charge in [-0.1, -0.05) is 24.4 Å². The predicted molar refractivity (Wildman–Crippen MR) is 80.6 cm³/mol. The van der Waals surface area contributed by atoms with Gasteiger partial charge in [0.05, 0.1) is 5.54 Å². The summed E-state index contributed by atoms with van der Waals surface area (Å²) in [4.78, 5) is 8.68. The van der Waals surface area contributed by atoms with Gasteiger partial charge in [0.1, 0.15) is 0 Å². The third-order valence-corrected chi connectivity index (χ3v) is 4.05. The summed E-state index contributed by atoms with van der Waals surface area (Å²) >= 11 is 0. The number of hydrogen-bond acceptors (Lipinski definition) is 5. The minimum Gasteiger partial charge on any atom is -0.337 e. The van der Waals surface area contributed by atoms with Crippen LogP contribution in [0.15, 0.2) is 29.0 Å². The highest BCUT2D eigenvalue weighted by Crippen LogP contribution is 2.37. The van der Waals surface area contributed by atoms with Gasteiger partial charge >= 0.3 is 0 Å². The van der Waals surface area contributed by atoms with E-state index in [1.165, 1.54) is 19.3 Å². The van der Waals surface area contributed by atoms with Crippen LogP contribution in [0.4, 0.5) is 0 Å². The second kappa shape index (κ2) is 5.93. The van der Waals surface area contributed by atoms with Crippen molar-refractivity contribution in [3.63, 3.8) is 0 Å². The Morgan fingerprint density at radius 1 is 1.14 bits per heavy atom. The van der Waals surface area contributed by atoms with Crippen molar-refractivity contribution in [3.05, 3.63) is 30.4 Å². The zero-order valence-electron chi connectivity index (χ0n) is 12.7. The lowest BCUT2D eigenvalue weighted by Crippen LogP contribution is -2.47. The Bertz CT molecular complexity index is 573. The fourth-order valence-corrected chi connectivity index (χ4v) is 3.16. The summed E-state index contributed by atoms with van der Waals surface area (Å²) in [6.07, 6.45) is 9.29. The number of nitrogens with one attached hydrogen (secondary N) is 1. The minimum absolute atomic E-state index is 0.162. The van der Waals surface area contributed by atoms with E-state index in [4.69, 9.17) is 4.52 Å². The fraction of sp³-hybridized carbons (Fsp3) is 0.562. The maximum atomic E-state index is 5.62. The number of pyridine rings is 1. The van der Waals surface area contributed by atoms with Gasteiger partial charge in [0.15, 0.2) is 0 Å². The third kappa shape index (κ3) is 2.97. The van der Waals surface area contributed by atoms with Gasteiger partial charge in [-0.3, -0.25) is 4.98 Å². The molecule has 1 saturated carbocycles. The quantitative estimate of drug-likeness (QED) is 0.934. The van der Waals surface area contributed by atoms with E-state index in [9.17, 15) is 0 Å². The van der Waals surface area contributed by atoms with Crippen LogP contribution in [0.1, 0.15) is 51.8 Å². The Morgan fingerprint density at radius 3 is 2.52 bits per heavy atom. The monoisotopic (exact) mass is 286 g/mol. The Hall–Kier alpha value is -1.75. The first-order valence-electron chi connectivity index (χ1n) is 7.72. The second-order valence-corrected chi connectivity index (χ2v) is 6.10. The summed E-state index contributed by atoms with van der Waals surface area (Å²) < 4.78 is 5.62. The molecule has 0 spiro atoms. The van der Waals surface area contributed by atoms with Gasteiger partial charge in [-0.25, -0.2) is 0 Å². The van der Waals surface area contributed by atoms with Crippen LogP contribution < -0.4 is 5.32 Å². The van der Waals surface area contributed by atoms with Crippen LogP contribution in [0, 0.1) is 0 Å². The SMILES string of the molecule is CC(C)NC1(c2nc(-c3ccncc3)no2)CCCCC1. The zero-order chi connectivity index (χ0) is 14.7. The normalized spacial score (nSPS) is 18.0. The van der Waals surface area contributed by atoms with Crippen molar-refractivity contribution in [3.8, 4) is 11.4 Å². The summed E-state index contributed by atoms with van der Waals surface area (Å²) in [5.74, 6) is 1.37. The molecule has 1 aliphatic carbocycles. The summed E-state index contributed by atoms with van der Waals surface area (Å²) in [7, 11) is 0. The van der Waals surface area contributed by atoms with E-state index in [0.717, 1.165) is 24.3 Å². The average Bonchev–Trinajstić information content (AvgIpc) is 2.99. The Balaban J connectivity index is 1.92. The molecule has 0 atom stereocenters. The van der Waals surface area contributed by atoms with E-state index < -0.39 is 0 Å². The molecule has 1 aliphatic rings. The average molecular weight is 286 g/mol. The third-order valence-electron chi connectivity index (χ3n) is 4.05. The minimum atomic E-state index is -0.162. The van der Waals surface area contributed by atoms with Crippen LogP contribution in [0.5, 0.6) is 0 Å². The molecule has 21 heavy (non-hydrogen) atoms. The Labute approximate surface area is 125 Å². The van der Waals surface area contributed by atoms with Crippen LogP contribution in [0.25, 0.3) is 11.4 Å². The fourth-order valence-electron chi connectivity index (χ4n) is 3.16. The van der Waals surface area contributed by atoms with E-state index in [1.54, 1.807) is 12.4 Å². The lowest BCUT2D eigenvalue weighted by atomic mass is 9.81. The first kappa shape index (κ1) is 14.2. The zero-order valence-corrected chi connectivity index (χ0v) is 12.7. The lowest BCUT2D eigenvalue weighted by molar-refractivity contribution is 0.159. The second-order valence-electron chi connectivity index (χ2n) is 6.10. The smallest absolute Gasteiger partial charge is 0.247 e. The number of hydrogen-bond donors (Lipinski definition) is 1. The molecular formula is C16H22N4O. The highest BCUT2D eigenvalue weighted by Gasteiger charge is 2.39. The van der Waals surface area contributed by atoms with Crippen LogP contribution in [0.3, 0.4) is 0 Å². The van der Waals surface area contributed by atoms with Gasteiger partial charge in [-0.15, -0.1) is 0 Å². The Morgan fingerprint density at radius 2 is 1.86 bits per heavy atom. The Kier molecular flexibility index (Phi) is 4.01. The number of nitrogens with zero attached hydrogens (tertiary/aromatic N) is 3.